The van der Waals surface area contributed by atoms with Gasteiger partial charge in [-0.25, -0.2) is 4.98 Å². The Kier molecular flexibility index (Phi) is 6.55. The molecule has 0 bridgehead atoms. The molecule has 1 N–H and O–H groups in total. The second-order valence-electron chi connectivity index (χ2n) is 7.07. The number of ether oxygens (including phenoxy) is 3. The highest BCUT2D eigenvalue weighted by molar-refractivity contribution is 9.10. The third-order valence-corrected chi connectivity index (χ3v) is 5.64. The SMILES string of the molecule is Clc1ccc(CCC2(Cc3ncc[nH]3)OCC(COc3ccc(Br)cc3)O2)cc1. The summed E-state index contributed by atoms with van der Waals surface area (Å²) < 4.78 is 19.5. The number of hydrogen-bond acceptors (Lipinski definition) is 4. The van der Waals surface area contributed by atoms with Crippen LogP contribution in [0, 0.1) is 0 Å². The fourth-order valence-corrected chi connectivity index (χ4v) is 3.76. The normalized spacial score (nSPS) is 21.4. The van der Waals surface area contributed by atoms with E-state index < -0.39 is 5.79 Å². The molecule has 4 rings (SSSR count). The molecule has 1 aromatic heterocycles. The van der Waals surface area contributed by atoms with Crippen LogP contribution in [0.5, 0.6) is 5.75 Å². The van der Waals surface area contributed by atoms with Gasteiger partial charge in [0, 0.05) is 28.3 Å². The van der Waals surface area contributed by atoms with E-state index in [9.17, 15) is 0 Å². The van der Waals surface area contributed by atoms with Crippen molar-refractivity contribution in [2.45, 2.75) is 31.2 Å². The van der Waals surface area contributed by atoms with Crippen LogP contribution in [0.15, 0.2) is 65.4 Å². The topological polar surface area (TPSA) is 56.4 Å². The van der Waals surface area contributed by atoms with Crippen LogP contribution in [0.2, 0.25) is 5.02 Å². The number of aryl methyl sites for hydroxylation is 1. The maximum atomic E-state index is 6.37. The molecule has 1 aliphatic rings. The second-order valence-corrected chi connectivity index (χ2v) is 8.42. The first-order chi connectivity index (χ1) is 14.1. The van der Waals surface area contributed by atoms with Crippen LogP contribution in [0.4, 0.5) is 0 Å². The Bertz CT molecular complexity index is 903. The van der Waals surface area contributed by atoms with Crippen LogP contribution in [-0.2, 0) is 22.3 Å². The Balaban J connectivity index is 1.40. The number of imidazole rings is 1. The fourth-order valence-electron chi connectivity index (χ4n) is 3.37. The lowest BCUT2D eigenvalue weighted by Crippen LogP contribution is -2.35. The van der Waals surface area contributed by atoms with Gasteiger partial charge in [-0.1, -0.05) is 39.7 Å². The van der Waals surface area contributed by atoms with Crippen molar-refractivity contribution >= 4 is 27.5 Å². The molecule has 29 heavy (non-hydrogen) atoms. The number of nitrogens with one attached hydrogen (secondary N) is 1. The number of hydrogen-bond donors (Lipinski definition) is 1. The molecular weight excluding hydrogens is 456 g/mol. The molecule has 1 saturated heterocycles. The summed E-state index contributed by atoms with van der Waals surface area (Å²) in [6.07, 6.45) is 5.50. The van der Waals surface area contributed by atoms with Crippen LogP contribution in [-0.4, -0.2) is 35.1 Å². The van der Waals surface area contributed by atoms with Gasteiger partial charge in [0.1, 0.15) is 24.3 Å². The Morgan fingerprint density at radius 2 is 1.97 bits per heavy atom. The summed E-state index contributed by atoms with van der Waals surface area (Å²) >= 11 is 9.43. The predicted molar refractivity (Wildman–Crippen MR) is 115 cm³/mol. The van der Waals surface area contributed by atoms with Gasteiger partial charge in [-0.2, -0.15) is 0 Å². The van der Waals surface area contributed by atoms with Crippen molar-refractivity contribution in [1.29, 1.82) is 0 Å². The van der Waals surface area contributed by atoms with Crippen LogP contribution in [0.1, 0.15) is 17.8 Å². The van der Waals surface area contributed by atoms with Gasteiger partial charge >= 0.3 is 0 Å². The third-order valence-electron chi connectivity index (χ3n) is 4.86. The average Bonchev–Trinajstić information content (AvgIpc) is 3.38. The predicted octanol–water partition coefficient (Wildman–Crippen LogP) is 5.19. The maximum Gasteiger partial charge on any atom is 0.176 e. The third kappa shape index (κ3) is 5.60. The monoisotopic (exact) mass is 476 g/mol. The molecule has 1 aliphatic heterocycles. The molecule has 2 unspecified atom stereocenters. The number of aromatic nitrogens is 2. The summed E-state index contributed by atoms with van der Waals surface area (Å²) in [5.41, 5.74) is 1.19. The first-order valence-corrected chi connectivity index (χ1v) is 10.7. The zero-order valence-corrected chi connectivity index (χ0v) is 18.2. The lowest BCUT2D eigenvalue weighted by molar-refractivity contribution is -0.174. The Morgan fingerprint density at radius 1 is 1.17 bits per heavy atom. The largest absolute Gasteiger partial charge is 0.491 e. The van der Waals surface area contributed by atoms with Gasteiger partial charge in [0.25, 0.3) is 0 Å². The zero-order valence-electron chi connectivity index (χ0n) is 15.8. The zero-order chi connectivity index (χ0) is 20.1. The van der Waals surface area contributed by atoms with Gasteiger partial charge < -0.3 is 19.2 Å². The Hall–Kier alpha value is -1.86. The van der Waals surface area contributed by atoms with E-state index in [-0.39, 0.29) is 6.10 Å². The molecule has 0 spiro atoms. The van der Waals surface area contributed by atoms with Gasteiger partial charge in [0.05, 0.1) is 13.0 Å². The summed E-state index contributed by atoms with van der Waals surface area (Å²) in [7, 11) is 0. The lowest BCUT2D eigenvalue weighted by atomic mass is 10.0. The minimum Gasteiger partial charge on any atom is -0.491 e. The number of halogens is 2. The van der Waals surface area contributed by atoms with Gasteiger partial charge in [-0.3, -0.25) is 0 Å². The molecule has 7 heteroatoms. The second kappa shape index (κ2) is 9.30. The van der Waals surface area contributed by atoms with Gasteiger partial charge in [0.15, 0.2) is 5.79 Å². The number of rotatable bonds is 8. The molecule has 0 amide bonds. The van der Waals surface area contributed by atoms with Gasteiger partial charge in [-0.05, 0) is 48.4 Å². The number of nitrogens with zero attached hydrogens (tertiary/aromatic N) is 1. The molecule has 0 aliphatic carbocycles. The van der Waals surface area contributed by atoms with E-state index in [0.29, 0.717) is 26.1 Å². The van der Waals surface area contributed by atoms with Gasteiger partial charge in [-0.15, -0.1) is 0 Å². The number of benzene rings is 2. The molecular formula is C22H22BrClN2O3. The molecule has 2 heterocycles. The van der Waals surface area contributed by atoms with Gasteiger partial charge in [0.2, 0.25) is 0 Å². The van der Waals surface area contributed by atoms with Crippen molar-refractivity contribution in [1.82, 2.24) is 9.97 Å². The molecule has 3 aromatic rings. The summed E-state index contributed by atoms with van der Waals surface area (Å²) in [6, 6.07) is 15.6. The highest BCUT2D eigenvalue weighted by Gasteiger charge is 2.42. The quantitative estimate of drug-likeness (QED) is 0.485. The minimum absolute atomic E-state index is 0.140. The first kappa shape index (κ1) is 20.4. The van der Waals surface area contributed by atoms with Crippen molar-refractivity contribution in [3.63, 3.8) is 0 Å². The smallest absolute Gasteiger partial charge is 0.176 e. The first-order valence-electron chi connectivity index (χ1n) is 9.53. The van der Waals surface area contributed by atoms with E-state index in [1.165, 1.54) is 5.56 Å². The Morgan fingerprint density at radius 3 is 2.69 bits per heavy atom. The summed E-state index contributed by atoms with van der Waals surface area (Å²) in [4.78, 5) is 7.50. The minimum atomic E-state index is -0.731. The average molecular weight is 478 g/mol. The Labute approximate surface area is 183 Å². The molecule has 0 radical (unpaired) electrons. The summed E-state index contributed by atoms with van der Waals surface area (Å²) in [5, 5.41) is 0.734. The number of H-pyrrole nitrogens is 1. The molecule has 152 valence electrons. The van der Waals surface area contributed by atoms with Crippen LogP contribution in [0.3, 0.4) is 0 Å². The van der Waals surface area contributed by atoms with Crippen molar-refractivity contribution in [3.05, 3.63) is 81.8 Å². The van der Waals surface area contributed by atoms with Crippen molar-refractivity contribution in [2.24, 2.45) is 0 Å². The van der Waals surface area contributed by atoms with E-state index >= 15 is 0 Å². The van der Waals surface area contributed by atoms with E-state index in [4.69, 9.17) is 25.8 Å². The van der Waals surface area contributed by atoms with E-state index in [1.807, 2.05) is 54.7 Å². The van der Waals surface area contributed by atoms with Crippen molar-refractivity contribution in [2.75, 3.05) is 13.2 Å². The maximum absolute atomic E-state index is 6.37. The van der Waals surface area contributed by atoms with Crippen molar-refractivity contribution in [3.8, 4) is 5.75 Å². The highest BCUT2D eigenvalue weighted by atomic mass is 79.9. The molecule has 5 nitrogen and oxygen atoms in total. The van der Waals surface area contributed by atoms with Crippen LogP contribution in [0.25, 0.3) is 0 Å². The number of aromatic amines is 1. The molecule has 1 fully saturated rings. The molecule has 2 atom stereocenters. The summed E-state index contributed by atoms with van der Waals surface area (Å²) in [6.45, 7) is 0.917. The molecule has 2 aromatic carbocycles. The van der Waals surface area contributed by atoms with Crippen LogP contribution >= 0.6 is 27.5 Å². The van der Waals surface area contributed by atoms with E-state index in [0.717, 1.165) is 27.5 Å². The van der Waals surface area contributed by atoms with E-state index in [1.54, 1.807) is 6.20 Å². The van der Waals surface area contributed by atoms with Crippen molar-refractivity contribution < 1.29 is 14.2 Å². The highest BCUT2D eigenvalue weighted by Crippen LogP contribution is 2.32. The van der Waals surface area contributed by atoms with E-state index in [2.05, 4.69) is 25.9 Å². The standard InChI is InChI=1S/C22H22BrClN2O3/c23-17-3-7-19(8-4-17)27-14-20-15-28-22(29-20,13-21-25-11-12-26-21)10-9-16-1-5-18(24)6-2-16/h1-8,11-12,20H,9-10,13-15H2,(H,25,26). The molecule has 0 saturated carbocycles. The lowest BCUT2D eigenvalue weighted by Gasteiger charge is -2.27. The summed E-state index contributed by atoms with van der Waals surface area (Å²) in [5.74, 6) is 0.919. The van der Waals surface area contributed by atoms with Crippen LogP contribution < -0.4 is 4.74 Å². The fraction of sp³-hybridized carbons (Fsp3) is 0.318.